The summed E-state index contributed by atoms with van der Waals surface area (Å²) in [5.41, 5.74) is 18.7. The predicted octanol–water partition coefficient (Wildman–Crippen LogP) is 12.4. The van der Waals surface area contributed by atoms with Crippen LogP contribution in [0.25, 0.3) is 6.08 Å². The monoisotopic (exact) mass is 712 g/mol. The van der Waals surface area contributed by atoms with Gasteiger partial charge in [0.15, 0.2) is 0 Å². The minimum absolute atomic E-state index is 0.254. The molecule has 1 saturated heterocycles. The molecule has 1 aliphatic heterocycles. The fourth-order valence-electron chi connectivity index (χ4n) is 10.5. The third-order valence-electron chi connectivity index (χ3n) is 12.3. The van der Waals surface area contributed by atoms with Crippen LogP contribution in [0.4, 0.5) is 11.4 Å². The first-order valence-electron chi connectivity index (χ1n) is 18.9. The minimum atomic E-state index is -2.03. The number of hydrogen-bond acceptors (Lipinski definition) is 2. The molecule has 4 aliphatic rings. The van der Waals surface area contributed by atoms with E-state index in [1.54, 1.807) is 0 Å². The van der Waals surface area contributed by atoms with E-state index < -0.39 is 11.5 Å². The van der Waals surface area contributed by atoms with Gasteiger partial charge in [-0.2, -0.15) is 0 Å². The van der Waals surface area contributed by atoms with Crippen molar-refractivity contribution in [2.75, 3.05) is 22.9 Å². The summed E-state index contributed by atoms with van der Waals surface area (Å²) in [4.78, 5) is 5.23. The van der Waals surface area contributed by atoms with E-state index in [-0.39, 0.29) is 5.38 Å². The molecule has 3 saturated carbocycles. The molecule has 0 spiro atoms. The first-order valence-corrected chi connectivity index (χ1v) is 21.6. The molecule has 4 fully saturated rings. The Morgan fingerprint density at radius 1 is 0.714 bits per heavy atom. The molecule has 0 bridgehead atoms. The van der Waals surface area contributed by atoms with E-state index in [0.29, 0.717) is 11.3 Å². The summed E-state index contributed by atoms with van der Waals surface area (Å²) >= 11 is 16.6. The highest BCUT2D eigenvalue weighted by Crippen LogP contribution is 2.78. The lowest BCUT2D eigenvalue weighted by Crippen LogP contribution is -2.38. The van der Waals surface area contributed by atoms with Gasteiger partial charge in [-0.15, -0.1) is 28.7 Å². The van der Waals surface area contributed by atoms with Gasteiger partial charge in [-0.1, -0.05) is 91.4 Å². The van der Waals surface area contributed by atoms with Gasteiger partial charge in [0.1, 0.15) is 5.82 Å². The molecule has 260 valence electrons. The summed E-state index contributed by atoms with van der Waals surface area (Å²) in [5, 5.41) is -0.254. The number of hydrogen-bond donors (Lipinski definition) is 0. The molecule has 7 rings (SSSR count). The van der Waals surface area contributed by atoms with Crippen LogP contribution in [0, 0.1) is 41.5 Å². The molecule has 0 amide bonds. The lowest BCUT2D eigenvalue weighted by atomic mass is 10.0. The van der Waals surface area contributed by atoms with E-state index >= 15 is 0 Å². The summed E-state index contributed by atoms with van der Waals surface area (Å²) in [5.74, 6) is 1.29. The van der Waals surface area contributed by atoms with Crippen molar-refractivity contribution in [3.63, 3.8) is 0 Å². The van der Waals surface area contributed by atoms with Gasteiger partial charge in [-0.3, -0.25) is 0 Å². The van der Waals surface area contributed by atoms with Crippen molar-refractivity contribution >= 4 is 53.0 Å². The Morgan fingerprint density at radius 2 is 1.16 bits per heavy atom. The highest BCUT2D eigenvalue weighted by Gasteiger charge is 2.59. The highest BCUT2D eigenvalue weighted by atomic mass is 35.5. The first-order chi connectivity index (χ1) is 23.5. The SMILES string of the molecule is Cc1cc(C)c(N2CCN(c3c(C)cc(C)cc3C)C2=C2CCC(Cl)(P(=C=Cc3ccccc3)(C3CCCC3)C3CCCC3)C2Cl)c(C)c1. The van der Waals surface area contributed by atoms with Crippen molar-refractivity contribution in [1.29, 1.82) is 0 Å². The zero-order valence-corrected chi connectivity index (χ0v) is 33.0. The average molecular weight is 714 g/mol. The van der Waals surface area contributed by atoms with Gasteiger partial charge < -0.3 is 9.80 Å². The Bertz CT molecular complexity index is 1710. The van der Waals surface area contributed by atoms with Crippen molar-refractivity contribution in [3.8, 4) is 0 Å². The van der Waals surface area contributed by atoms with Gasteiger partial charge in [-0.25, -0.2) is 0 Å². The van der Waals surface area contributed by atoms with E-state index in [2.05, 4.69) is 117 Å². The molecule has 2 unspecified atom stereocenters. The fraction of sp³-hybridized carbons (Fsp3) is 0.500. The molecule has 1 heterocycles. The predicted molar refractivity (Wildman–Crippen MR) is 218 cm³/mol. The zero-order valence-electron chi connectivity index (χ0n) is 30.6. The highest BCUT2D eigenvalue weighted by molar-refractivity contribution is 7.79. The van der Waals surface area contributed by atoms with E-state index in [9.17, 15) is 0 Å². The summed E-state index contributed by atoms with van der Waals surface area (Å²) in [6.45, 7) is 13.4. The molecule has 3 aromatic carbocycles. The Balaban J connectivity index is 1.46. The second kappa shape index (κ2) is 14.0. The molecule has 0 radical (unpaired) electrons. The number of allylic oxidation sites excluding steroid dienone is 1. The smallest absolute Gasteiger partial charge is 0.114 e. The Labute approximate surface area is 306 Å². The van der Waals surface area contributed by atoms with Crippen molar-refractivity contribution in [1.82, 2.24) is 0 Å². The zero-order chi connectivity index (χ0) is 34.5. The summed E-state index contributed by atoms with van der Waals surface area (Å²) in [7, 11) is 0. The molecule has 2 nitrogen and oxygen atoms in total. The molecule has 0 aromatic heterocycles. The van der Waals surface area contributed by atoms with Gasteiger partial charge in [-0.05, 0) is 138 Å². The summed E-state index contributed by atoms with van der Waals surface area (Å²) in [6.07, 6.45) is 14.5. The fourth-order valence-corrected chi connectivity index (χ4v) is 18.7. The maximum absolute atomic E-state index is 8.46. The first kappa shape index (κ1) is 35.1. The van der Waals surface area contributed by atoms with E-state index in [4.69, 9.17) is 23.2 Å². The van der Waals surface area contributed by atoms with Gasteiger partial charge in [0, 0.05) is 24.5 Å². The molecule has 5 heteroatoms. The van der Waals surface area contributed by atoms with Crippen LogP contribution >= 0.6 is 30.1 Å². The Hall–Kier alpha value is -2.34. The third-order valence-corrected chi connectivity index (χ3v) is 20.0. The van der Waals surface area contributed by atoms with Crippen molar-refractivity contribution in [2.24, 2.45) is 0 Å². The van der Waals surface area contributed by atoms with Crippen LogP contribution in [0.3, 0.4) is 0 Å². The molecular weight excluding hydrogens is 658 g/mol. The topological polar surface area (TPSA) is 6.48 Å². The van der Waals surface area contributed by atoms with E-state index in [1.165, 1.54) is 113 Å². The molecule has 49 heavy (non-hydrogen) atoms. The third kappa shape index (κ3) is 6.08. The summed E-state index contributed by atoms with van der Waals surface area (Å²) in [6, 6.07) is 20.2. The lowest BCUT2D eigenvalue weighted by Gasteiger charge is -2.48. The quantitative estimate of drug-likeness (QED) is 0.185. The van der Waals surface area contributed by atoms with Gasteiger partial charge >= 0.3 is 0 Å². The molecule has 3 aliphatic carbocycles. The van der Waals surface area contributed by atoms with Crippen LogP contribution in [0.2, 0.25) is 0 Å². The standard InChI is InChI=1S/C44H55Cl2N2P/c1-30-26-32(3)40(33(4)27-30)47-23-24-48(41-34(5)28-31(2)29-35(41)6)43(47)39-20-22-44(46,42(39)45)49(37-16-10-11-17-37,38-18-12-13-19-38)25-21-36-14-8-7-9-15-36/h7-9,14-15,21,26-29,37-38,42H,10-13,16-20,22-24H2,1-6H3. The molecule has 3 aromatic rings. The number of benzene rings is 3. The maximum atomic E-state index is 8.46. The second-order valence-corrected chi connectivity index (χ2v) is 21.1. The molecule has 2 atom stereocenters. The van der Waals surface area contributed by atoms with E-state index in [1.807, 2.05) is 0 Å². The average Bonchev–Trinajstić information content (AvgIpc) is 3.88. The van der Waals surface area contributed by atoms with Crippen molar-refractivity contribution in [2.45, 2.75) is 127 Å². The van der Waals surface area contributed by atoms with Crippen molar-refractivity contribution in [3.05, 3.63) is 105 Å². The maximum Gasteiger partial charge on any atom is 0.114 e. The molecular formula is C44H55Cl2N2P. The number of halogens is 2. The van der Waals surface area contributed by atoms with Crippen LogP contribution in [0.15, 0.2) is 66.0 Å². The molecule has 0 N–H and O–H groups in total. The number of nitrogens with zero attached hydrogens (tertiary/aromatic N) is 2. The van der Waals surface area contributed by atoms with Crippen LogP contribution in [-0.2, 0) is 0 Å². The lowest BCUT2D eigenvalue weighted by molar-refractivity contribution is 0.740. The summed E-state index contributed by atoms with van der Waals surface area (Å²) < 4.78 is -0.513. The van der Waals surface area contributed by atoms with Crippen LogP contribution in [-0.4, -0.2) is 39.9 Å². The largest absolute Gasteiger partial charge is 0.325 e. The van der Waals surface area contributed by atoms with Gasteiger partial charge in [0.05, 0.1) is 9.99 Å². The second-order valence-electron chi connectivity index (χ2n) is 15.7. The number of alkyl halides is 2. The Morgan fingerprint density at radius 3 is 1.61 bits per heavy atom. The normalized spacial score (nSPS) is 23.6. The number of anilines is 2. The Kier molecular flexibility index (Phi) is 10.0. The number of rotatable bonds is 6. The number of aryl methyl sites for hydroxylation is 6. The van der Waals surface area contributed by atoms with Crippen LogP contribution in [0.1, 0.15) is 103 Å². The minimum Gasteiger partial charge on any atom is -0.325 e. The van der Waals surface area contributed by atoms with Crippen LogP contribution in [0.5, 0.6) is 0 Å². The van der Waals surface area contributed by atoms with Gasteiger partial charge in [0.25, 0.3) is 0 Å². The van der Waals surface area contributed by atoms with E-state index in [0.717, 1.165) is 25.9 Å². The van der Waals surface area contributed by atoms with Crippen molar-refractivity contribution < 1.29 is 0 Å². The van der Waals surface area contributed by atoms with Gasteiger partial charge in [0.2, 0.25) is 0 Å². The van der Waals surface area contributed by atoms with Crippen LogP contribution < -0.4 is 9.80 Å².